The van der Waals surface area contributed by atoms with Crippen molar-refractivity contribution in [3.8, 4) is 5.75 Å². The van der Waals surface area contributed by atoms with E-state index in [1.807, 2.05) is 55.5 Å². The van der Waals surface area contributed by atoms with Crippen LogP contribution in [0.4, 0.5) is 11.4 Å². The molecule has 218 valence electrons. The van der Waals surface area contributed by atoms with Gasteiger partial charge in [-0.05, 0) is 47.9 Å². The largest absolute Gasteiger partial charge is 0.493 e. The second kappa shape index (κ2) is 10.3. The fourth-order valence-electron chi connectivity index (χ4n) is 7.23. The summed E-state index contributed by atoms with van der Waals surface area (Å²) in [5.41, 5.74) is 1.43. The molecule has 0 unspecified atom stereocenters. The van der Waals surface area contributed by atoms with Crippen LogP contribution in [0.2, 0.25) is 0 Å². The summed E-state index contributed by atoms with van der Waals surface area (Å²) in [6.45, 7) is 2.12. The molecular weight excluding hydrogens is 558 g/mol. The van der Waals surface area contributed by atoms with Gasteiger partial charge in [-0.25, -0.2) is 0 Å². The van der Waals surface area contributed by atoms with Crippen LogP contribution in [-0.4, -0.2) is 39.9 Å². The molecular formula is C35H27N3O6. The van der Waals surface area contributed by atoms with E-state index in [0.29, 0.717) is 23.6 Å². The lowest BCUT2D eigenvalue weighted by Crippen LogP contribution is -2.49. The summed E-state index contributed by atoms with van der Waals surface area (Å²) in [5.74, 6) is -2.18. The minimum absolute atomic E-state index is 0.0786. The number of benzene rings is 4. The summed E-state index contributed by atoms with van der Waals surface area (Å²) in [7, 11) is 0. The number of carbonyl (C=O) groups excluding carboxylic acids is 3. The highest BCUT2D eigenvalue weighted by atomic mass is 16.6. The minimum atomic E-state index is -1.52. The van der Waals surface area contributed by atoms with Gasteiger partial charge in [-0.15, -0.1) is 0 Å². The van der Waals surface area contributed by atoms with Crippen molar-refractivity contribution < 1.29 is 24.0 Å². The van der Waals surface area contributed by atoms with E-state index in [1.165, 1.54) is 24.3 Å². The maximum atomic E-state index is 15.1. The molecule has 4 aromatic rings. The van der Waals surface area contributed by atoms with Gasteiger partial charge in [0.25, 0.3) is 5.69 Å². The van der Waals surface area contributed by atoms with Crippen molar-refractivity contribution in [2.75, 3.05) is 11.9 Å². The van der Waals surface area contributed by atoms with E-state index in [1.54, 1.807) is 41.4 Å². The number of Topliss-reactive ketones (excluding diaryl/α,β-unsaturated/α-hetero) is 2. The van der Waals surface area contributed by atoms with Crippen LogP contribution < -0.4 is 10.1 Å². The Morgan fingerprint density at radius 1 is 0.955 bits per heavy atom. The van der Waals surface area contributed by atoms with Crippen LogP contribution in [0.25, 0.3) is 6.08 Å². The van der Waals surface area contributed by atoms with Crippen molar-refractivity contribution in [2.45, 2.75) is 24.4 Å². The van der Waals surface area contributed by atoms with E-state index in [4.69, 9.17) is 4.74 Å². The molecule has 3 heterocycles. The first kappa shape index (κ1) is 27.3. The Kier molecular flexibility index (Phi) is 6.39. The van der Waals surface area contributed by atoms with Crippen molar-refractivity contribution in [1.29, 1.82) is 0 Å². The summed E-state index contributed by atoms with van der Waals surface area (Å²) in [4.78, 5) is 57.2. The van der Waals surface area contributed by atoms with Crippen molar-refractivity contribution in [2.24, 2.45) is 5.92 Å². The standard InChI is InChI=1S/C35H27N3O6/c1-2-44-28-17-8-5-14-25(28)32(40)29-30(31(39)22-11-9-12-23(20-22)38(42)43)37-19-18-21-10-3-4-13-24(21)33(37)35(29)26-15-6-7-16-27(26)36-34(35)41/h3-20,29-30,33H,2H2,1H3,(H,36,41)/t29-,30+,33+,35+/m0/s1. The van der Waals surface area contributed by atoms with Crippen LogP contribution in [0.5, 0.6) is 5.75 Å². The number of carbonyl (C=O) groups is 3. The van der Waals surface area contributed by atoms with Gasteiger partial charge in [-0.3, -0.25) is 24.5 Å². The van der Waals surface area contributed by atoms with E-state index < -0.39 is 39.9 Å². The molecule has 9 heteroatoms. The number of rotatable bonds is 7. The zero-order valence-electron chi connectivity index (χ0n) is 23.7. The Morgan fingerprint density at radius 2 is 1.70 bits per heavy atom. The second-order valence-electron chi connectivity index (χ2n) is 11.1. The topological polar surface area (TPSA) is 119 Å². The predicted molar refractivity (Wildman–Crippen MR) is 163 cm³/mol. The van der Waals surface area contributed by atoms with Gasteiger partial charge in [0.15, 0.2) is 11.6 Å². The molecule has 44 heavy (non-hydrogen) atoms. The number of amides is 1. The molecule has 4 aromatic carbocycles. The first-order valence-corrected chi connectivity index (χ1v) is 14.4. The molecule has 1 saturated heterocycles. The number of para-hydroxylation sites is 2. The molecule has 0 saturated carbocycles. The molecule has 0 radical (unpaired) electrons. The van der Waals surface area contributed by atoms with Crippen molar-refractivity contribution in [3.63, 3.8) is 0 Å². The predicted octanol–water partition coefficient (Wildman–Crippen LogP) is 5.98. The summed E-state index contributed by atoms with van der Waals surface area (Å²) >= 11 is 0. The Balaban J connectivity index is 1.53. The van der Waals surface area contributed by atoms with E-state index in [0.717, 1.165) is 11.1 Å². The third-order valence-corrected chi connectivity index (χ3v) is 8.92. The van der Waals surface area contributed by atoms with Gasteiger partial charge < -0.3 is 15.0 Å². The smallest absolute Gasteiger partial charge is 0.270 e. The lowest BCUT2D eigenvalue weighted by atomic mass is 9.62. The number of nitrogens with one attached hydrogen (secondary N) is 1. The maximum Gasteiger partial charge on any atom is 0.270 e. The number of ketones is 2. The van der Waals surface area contributed by atoms with Gasteiger partial charge >= 0.3 is 0 Å². The van der Waals surface area contributed by atoms with Crippen LogP contribution in [0, 0.1) is 16.0 Å². The number of nitro groups is 1. The minimum Gasteiger partial charge on any atom is -0.493 e. The number of hydrogen-bond donors (Lipinski definition) is 1. The lowest BCUT2D eigenvalue weighted by molar-refractivity contribution is -0.384. The molecule has 9 nitrogen and oxygen atoms in total. The molecule has 0 bridgehead atoms. The number of nitro benzene ring substituents is 1. The first-order chi connectivity index (χ1) is 21.4. The fourth-order valence-corrected chi connectivity index (χ4v) is 7.23. The highest BCUT2D eigenvalue weighted by Crippen LogP contribution is 2.62. The summed E-state index contributed by atoms with van der Waals surface area (Å²) < 4.78 is 5.85. The zero-order valence-corrected chi connectivity index (χ0v) is 23.7. The van der Waals surface area contributed by atoms with Crippen molar-refractivity contribution in [1.82, 2.24) is 4.90 Å². The Labute approximate surface area is 252 Å². The number of nitrogens with zero attached hydrogens (tertiary/aromatic N) is 2. The van der Waals surface area contributed by atoms with E-state index in [-0.39, 0.29) is 22.7 Å². The van der Waals surface area contributed by atoms with E-state index >= 15 is 4.79 Å². The number of ether oxygens (including phenoxy) is 1. The normalized spacial score (nSPS) is 22.6. The van der Waals surface area contributed by atoms with E-state index in [2.05, 4.69) is 5.32 Å². The molecule has 0 aliphatic carbocycles. The van der Waals surface area contributed by atoms with Crippen LogP contribution in [0.15, 0.2) is 103 Å². The van der Waals surface area contributed by atoms with E-state index in [9.17, 15) is 19.7 Å². The summed E-state index contributed by atoms with van der Waals surface area (Å²) in [5, 5.41) is 14.7. The molecule has 0 aromatic heterocycles. The highest BCUT2D eigenvalue weighted by Gasteiger charge is 2.71. The zero-order chi connectivity index (χ0) is 30.6. The molecule has 7 rings (SSSR count). The fraction of sp³-hybridized carbons (Fsp3) is 0.171. The summed E-state index contributed by atoms with van der Waals surface area (Å²) in [6.07, 6.45) is 3.64. The lowest BCUT2D eigenvalue weighted by Gasteiger charge is -2.38. The third kappa shape index (κ3) is 3.82. The molecule has 3 aliphatic rings. The number of non-ortho nitro benzene ring substituents is 1. The number of fused-ring (bicyclic) bond motifs is 6. The molecule has 1 amide bonds. The quantitative estimate of drug-likeness (QED) is 0.161. The van der Waals surface area contributed by atoms with Crippen LogP contribution in [0.3, 0.4) is 0 Å². The number of hydrogen-bond acceptors (Lipinski definition) is 7. The third-order valence-electron chi connectivity index (χ3n) is 8.92. The molecule has 4 atom stereocenters. The van der Waals surface area contributed by atoms with Gasteiger partial charge in [0.05, 0.1) is 29.1 Å². The SMILES string of the molecule is CCOc1ccccc1C(=O)[C@@H]1[C@H](C(=O)c2cccc([N+](=O)[O-])c2)N2C=Cc3ccccc3[C@@H]2[C@]12C(=O)Nc1ccccc12. The second-order valence-corrected chi connectivity index (χ2v) is 11.1. The Hall–Kier alpha value is -5.57. The summed E-state index contributed by atoms with van der Waals surface area (Å²) in [6, 6.07) is 25.3. The van der Waals surface area contributed by atoms with Gasteiger partial charge in [-0.2, -0.15) is 0 Å². The highest BCUT2D eigenvalue weighted by molar-refractivity contribution is 6.17. The average molecular weight is 586 g/mol. The Bertz CT molecular complexity index is 1900. The number of anilines is 1. The molecule has 1 N–H and O–H groups in total. The van der Waals surface area contributed by atoms with Crippen LogP contribution >= 0.6 is 0 Å². The Morgan fingerprint density at radius 3 is 2.52 bits per heavy atom. The maximum absolute atomic E-state index is 15.1. The van der Waals surface area contributed by atoms with Crippen LogP contribution in [-0.2, 0) is 10.2 Å². The van der Waals surface area contributed by atoms with Gasteiger partial charge in [-0.1, -0.05) is 66.7 Å². The van der Waals surface area contributed by atoms with Gasteiger partial charge in [0.1, 0.15) is 17.2 Å². The first-order valence-electron chi connectivity index (χ1n) is 14.4. The molecule has 1 fully saturated rings. The van der Waals surface area contributed by atoms with Crippen molar-refractivity contribution in [3.05, 3.63) is 141 Å². The van der Waals surface area contributed by atoms with Crippen molar-refractivity contribution >= 4 is 34.9 Å². The van der Waals surface area contributed by atoms with Crippen LogP contribution in [0.1, 0.15) is 50.4 Å². The molecule has 1 spiro atoms. The average Bonchev–Trinajstić information content (AvgIpc) is 3.53. The molecule has 3 aliphatic heterocycles. The van der Waals surface area contributed by atoms with Gasteiger partial charge in [0.2, 0.25) is 5.91 Å². The van der Waals surface area contributed by atoms with Gasteiger partial charge in [0, 0.05) is 29.6 Å². The monoisotopic (exact) mass is 585 g/mol.